The Labute approximate surface area is 134 Å². The SMILES string of the molecule is CCC[C@H](NC(=O)[C@H]1CCC(=O)N1)c1ccc(Cl)c(Cl)c1. The van der Waals surface area contributed by atoms with E-state index in [1.54, 1.807) is 12.1 Å². The Balaban J connectivity index is 2.09. The zero-order chi connectivity index (χ0) is 15.4. The Bertz CT molecular complexity index is 548. The first-order chi connectivity index (χ1) is 10.0. The van der Waals surface area contributed by atoms with Gasteiger partial charge in [-0.15, -0.1) is 0 Å². The fourth-order valence-electron chi connectivity index (χ4n) is 2.42. The third kappa shape index (κ3) is 4.11. The predicted octanol–water partition coefficient (Wildman–Crippen LogP) is 3.23. The quantitative estimate of drug-likeness (QED) is 0.871. The van der Waals surface area contributed by atoms with Crippen molar-refractivity contribution in [2.45, 2.75) is 44.7 Å². The smallest absolute Gasteiger partial charge is 0.243 e. The van der Waals surface area contributed by atoms with Gasteiger partial charge in [0.2, 0.25) is 11.8 Å². The first-order valence-electron chi connectivity index (χ1n) is 7.06. The van der Waals surface area contributed by atoms with Gasteiger partial charge in [0, 0.05) is 6.42 Å². The molecule has 2 N–H and O–H groups in total. The van der Waals surface area contributed by atoms with Crippen molar-refractivity contribution >= 4 is 35.0 Å². The highest BCUT2D eigenvalue weighted by molar-refractivity contribution is 6.42. The molecule has 1 fully saturated rings. The van der Waals surface area contributed by atoms with E-state index in [9.17, 15) is 9.59 Å². The third-order valence-corrected chi connectivity index (χ3v) is 4.29. The molecular formula is C15H18Cl2N2O2. The van der Waals surface area contributed by atoms with Crippen molar-refractivity contribution < 1.29 is 9.59 Å². The van der Waals surface area contributed by atoms with Crippen molar-refractivity contribution in [1.29, 1.82) is 0 Å². The summed E-state index contributed by atoms with van der Waals surface area (Å²) in [6.45, 7) is 2.05. The number of benzene rings is 1. The first-order valence-corrected chi connectivity index (χ1v) is 7.81. The largest absolute Gasteiger partial charge is 0.348 e. The van der Waals surface area contributed by atoms with Crippen LogP contribution in [0.3, 0.4) is 0 Å². The molecule has 2 amide bonds. The minimum absolute atomic E-state index is 0.0725. The van der Waals surface area contributed by atoms with Gasteiger partial charge in [0.1, 0.15) is 6.04 Å². The van der Waals surface area contributed by atoms with Crippen LogP contribution in [0.15, 0.2) is 18.2 Å². The van der Waals surface area contributed by atoms with Crippen molar-refractivity contribution in [3.63, 3.8) is 0 Å². The van der Waals surface area contributed by atoms with Gasteiger partial charge in [0.05, 0.1) is 16.1 Å². The molecule has 0 radical (unpaired) electrons. The predicted molar refractivity (Wildman–Crippen MR) is 83.4 cm³/mol. The van der Waals surface area contributed by atoms with E-state index in [1.165, 1.54) is 0 Å². The molecule has 1 aromatic carbocycles. The molecule has 1 aromatic rings. The van der Waals surface area contributed by atoms with Gasteiger partial charge in [-0.3, -0.25) is 9.59 Å². The third-order valence-electron chi connectivity index (χ3n) is 3.55. The summed E-state index contributed by atoms with van der Waals surface area (Å²) < 4.78 is 0. The van der Waals surface area contributed by atoms with Crippen LogP contribution in [0.25, 0.3) is 0 Å². The Morgan fingerprint density at radius 1 is 1.43 bits per heavy atom. The van der Waals surface area contributed by atoms with Crippen LogP contribution in [0.2, 0.25) is 10.0 Å². The Kier molecular flexibility index (Phi) is 5.48. The second kappa shape index (κ2) is 7.14. The molecule has 1 heterocycles. The van der Waals surface area contributed by atoms with Crippen LogP contribution < -0.4 is 10.6 Å². The van der Waals surface area contributed by atoms with Crippen molar-refractivity contribution in [1.82, 2.24) is 10.6 Å². The van der Waals surface area contributed by atoms with Crippen LogP contribution in [0, 0.1) is 0 Å². The number of rotatable bonds is 5. The lowest BCUT2D eigenvalue weighted by Crippen LogP contribution is -2.43. The summed E-state index contributed by atoms with van der Waals surface area (Å²) in [5, 5.41) is 6.62. The maximum absolute atomic E-state index is 12.2. The summed E-state index contributed by atoms with van der Waals surface area (Å²) in [7, 11) is 0. The van der Waals surface area contributed by atoms with Gasteiger partial charge >= 0.3 is 0 Å². The lowest BCUT2D eigenvalue weighted by atomic mass is 10.0. The van der Waals surface area contributed by atoms with E-state index < -0.39 is 6.04 Å². The number of carbonyl (C=O) groups is 2. The summed E-state index contributed by atoms with van der Waals surface area (Å²) in [6, 6.07) is 4.81. The van der Waals surface area contributed by atoms with Crippen molar-refractivity contribution in [3.05, 3.63) is 33.8 Å². The second-order valence-corrected chi connectivity index (χ2v) is 6.00. The fraction of sp³-hybridized carbons (Fsp3) is 0.467. The average molecular weight is 329 g/mol. The topological polar surface area (TPSA) is 58.2 Å². The summed E-state index contributed by atoms with van der Waals surface area (Å²) in [6.07, 6.45) is 2.67. The molecule has 1 aliphatic heterocycles. The van der Waals surface area contributed by atoms with Gasteiger partial charge < -0.3 is 10.6 Å². The molecule has 2 rings (SSSR count). The van der Waals surface area contributed by atoms with Crippen molar-refractivity contribution in [3.8, 4) is 0 Å². The van der Waals surface area contributed by atoms with Gasteiger partial charge in [-0.2, -0.15) is 0 Å². The van der Waals surface area contributed by atoms with Gasteiger partial charge in [0.15, 0.2) is 0 Å². The second-order valence-electron chi connectivity index (χ2n) is 5.18. The molecule has 1 aliphatic rings. The number of carbonyl (C=O) groups excluding carboxylic acids is 2. The van der Waals surface area contributed by atoms with Gasteiger partial charge in [-0.1, -0.05) is 42.6 Å². The Hall–Kier alpha value is -1.26. The summed E-state index contributed by atoms with van der Waals surface area (Å²) in [4.78, 5) is 23.4. The first kappa shape index (κ1) is 16.1. The van der Waals surface area contributed by atoms with Crippen molar-refractivity contribution in [2.75, 3.05) is 0 Å². The lowest BCUT2D eigenvalue weighted by molar-refractivity contribution is -0.126. The Morgan fingerprint density at radius 3 is 2.76 bits per heavy atom. The zero-order valence-electron chi connectivity index (χ0n) is 11.8. The van der Waals surface area contributed by atoms with Crippen LogP contribution in [0.1, 0.15) is 44.2 Å². The molecule has 1 saturated heterocycles. The maximum atomic E-state index is 12.2. The number of nitrogens with one attached hydrogen (secondary N) is 2. The highest BCUT2D eigenvalue weighted by Crippen LogP contribution is 2.27. The van der Waals surface area contributed by atoms with Crippen LogP contribution in [-0.4, -0.2) is 17.9 Å². The van der Waals surface area contributed by atoms with Crippen LogP contribution in [-0.2, 0) is 9.59 Å². The molecule has 0 aromatic heterocycles. The van der Waals surface area contributed by atoms with Gasteiger partial charge in [-0.25, -0.2) is 0 Å². The highest BCUT2D eigenvalue weighted by atomic mass is 35.5. The van der Waals surface area contributed by atoms with E-state index in [1.807, 2.05) is 13.0 Å². The number of hydrogen-bond donors (Lipinski definition) is 2. The molecule has 4 nitrogen and oxygen atoms in total. The zero-order valence-corrected chi connectivity index (χ0v) is 13.3. The normalized spacial score (nSPS) is 19.2. The molecule has 0 unspecified atom stereocenters. The highest BCUT2D eigenvalue weighted by Gasteiger charge is 2.28. The van der Waals surface area contributed by atoms with E-state index in [0.29, 0.717) is 22.9 Å². The van der Waals surface area contributed by atoms with Crippen LogP contribution in [0.5, 0.6) is 0 Å². The maximum Gasteiger partial charge on any atom is 0.243 e. The van der Waals surface area contributed by atoms with E-state index in [4.69, 9.17) is 23.2 Å². The van der Waals surface area contributed by atoms with E-state index in [-0.39, 0.29) is 17.9 Å². The molecule has 0 spiro atoms. The molecule has 6 heteroatoms. The van der Waals surface area contributed by atoms with Crippen LogP contribution >= 0.6 is 23.2 Å². The lowest BCUT2D eigenvalue weighted by Gasteiger charge is -2.21. The molecule has 114 valence electrons. The van der Waals surface area contributed by atoms with E-state index >= 15 is 0 Å². The summed E-state index contributed by atoms with van der Waals surface area (Å²) in [5.41, 5.74) is 0.920. The minimum atomic E-state index is -0.431. The Morgan fingerprint density at radius 2 is 2.19 bits per heavy atom. The monoisotopic (exact) mass is 328 g/mol. The van der Waals surface area contributed by atoms with E-state index in [0.717, 1.165) is 18.4 Å². The fourth-order valence-corrected chi connectivity index (χ4v) is 2.73. The average Bonchev–Trinajstić information content (AvgIpc) is 2.88. The summed E-state index contributed by atoms with van der Waals surface area (Å²) in [5.74, 6) is -0.220. The van der Waals surface area contributed by atoms with Gasteiger partial charge in [-0.05, 0) is 30.5 Å². The summed E-state index contributed by atoms with van der Waals surface area (Å²) >= 11 is 12.0. The molecule has 0 saturated carbocycles. The molecule has 0 bridgehead atoms. The molecule has 0 aliphatic carbocycles. The number of amides is 2. The number of halogens is 2. The molecular weight excluding hydrogens is 311 g/mol. The van der Waals surface area contributed by atoms with Crippen LogP contribution in [0.4, 0.5) is 0 Å². The van der Waals surface area contributed by atoms with Crippen molar-refractivity contribution in [2.24, 2.45) is 0 Å². The standard InChI is InChI=1S/C15H18Cl2N2O2/c1-2-3-12(9-4-5-10(16)11(17)8-9)19-15(21)13-6-7-14(20)18-13/h4-5,8,12-13H,2-3,6-7H2,1H3,(H,18,20)(H,19,21)/t12-,13+/m0/s1. The number of hydrogen-bond acceptors (Lipinski definition) is 2. The molecule has 21 heavy (non-hydrogen) atoms. The minimum Gasteiger partial charge on any atom is -0.348 e. The molecule has 2 atom stereocenters. The van der Waals surface area contributed by atoms with Gasteiger partial charge in [0.25, 0.3) is 0 Å². The van der Waals surface area contributed by atoms with E-state index in [2.05, 4.69) is 10.6 Å².